The van der Waals surface area contributed by atoms with Crippen molar-refractivity contribution in [1.29, 1.82) is 0 Å². The summed E-state index contributed by atoms with van der Waals surface area (Å²) < 4.78 is 71.3. The van der Waals surface area contributed by atoms with Crippen LogP contribution in [0.1, 0.15) is 31.7 Å². The highest BCUT2D eigenvalue weighted by Gasteiger charge is 2.41. The van der Waals surface area contributed by atoms with E-state index in [0.29, 0.717) is 31.6 Å². The van der Waals surface area contributed by atoms with Gasteiger partial charge in [-0.05, 0) is 43.9 Å². The molecular formula is C19H21FN6O5S2. The van der Waals surface area contributed by atoms with Gasteiger partial charge in [-0.3, -0.25) is 0 Å². The number of hydrogen-bond donors (Lipinski definition) is 0. The van der Waals surface area contributed by atoms with Crippen LogP contribution in [0.15, 0.2) is 29.4 Å². The molecule has 5 rings (SSSR count). The molecule has 3 aromatic rings. The van der Waals surface area contributed by atoms with Crippen LogP contribution in [-0.4, -0.2) is 70.7 Å². The molecule has 0 spiro atoms. The molecule has 1 saturated heterocycles. The third-order valence-corrected chi connectivity index (χ3v) is 9.35. The Kier molecular flexibility index (Phi) is 5.33. The Balaban J connectivity index is 1.37. The third-order valence-electron chi connectivity index (χ3n) is 5.84. The zero-order valence-electron chi connectivity index (χ0n) is 17.6. The fraction of sp³-hybridized carbons (Fsp3) is 0.474. The lowest BCUT2D eigenvalue weighted by Gasteiger charge is -2.31. The molecule has 0 amide bonds. The van der Waals surface area contributed by atoms with Crippen molar-refractivity contribution in [1.82, 2.24) is 29.3 Å². The maximum Gasteiger partial charge on any atom is 0.253 e. The largest absolute Gasteiger partial charge is 0.434 e. The smallest absolute Gasteiger partial charge is 0.253 e. The summed E-state index contributed by atoms with van der Waals surface area (Å²) in [6.07, 6.45) is 4.81. The number of halogens is 1. The first-order valence-electron chi connectivity index (χ1n) is 10.4. The van der Waals surface area contributed by atoms with Gasteiger partial charge in [0.1, 0.15) is 6.33 Å². The lowest BCUT2D eigenvalue weighted by atomic mass is 10.1. The average molecular weight is 497 g/mol. The molecule has 0 radical (unpaired) electrons. The van der Waals surface area contributed by atoms with E-state index in [2.05, 4.69) is 20.3 Å². The molecule has 1 aliphatic carbocycles. The SMILES string of the molecule is CS(=O)(=O)c1ccc(Oc2ncnc3c2nnn3C2CCN(S(=O)(=O)C3CC3)CC2)c(F)c1. The van der Waals surface area contributed by atoms with E-state index in [1.807, 2.05) is 0 Å². The van der Waals surface area contributed by atoms with E-state index in [-0.39, 0.29) is 33.3 Å². The number of piperidine rings is 1. The molecule has 0 bridgehead atoms. The van der Waals surface area contributed by atoms with Crippen LogP contribution >= 0.6 is 0 Å². The Labute approximate surface area is 189 Å². The van der Waals surface area contributed by atoms with E-state index in [1.165, 1.54) is 18.5 Å². The van der Waals surface area contributed by atoms with Crippen molar-refractivity contribution in [3.8, 4) is 11.6 Å². The summed E-state index contributed by atoms with van der Waals surface area (Å²) in [7, 11) is -6.77. The first kappa shape index (κ1) is 22.1. The van der Waals surface area contributed by atoms with E-state index in [9.17, 15) is 21.2 Å². The molecule has 1 aromatic carbocycles. The molecule has 176 valence electrons. The molecule has 3 heterocycles. The fourth-order valence-electron chi connectivity index (χ4n) is 3.88. The van der Waals surface area contributed by atoms with Gasteiger partial charge >= 0.3 is 0 Å². The van der Waals surface area contributed by atoms with Crippen molar-refractivity contribution in [3.63, 3.8) is 0 Å². The third kappa shape index (κ3) is 4.17. The van der Waals surface area contributed by atoms with Crippen LogP contribution in [0.5, 0.6) is 11.6 Å². The number of rotatable bonds is 6. The van der Waals surface area contributed by atoms with Gasteiger partial charge in [-0.2, -0.15) is 4.98 Å². The van der Waals surface area contributed by atoms with Crippen molar-refractivity contribution in [2.24, 2.45) is 0 Å². The second-order valence-corrected chi connectivity index (χ2v) is 12.5. The van der Waals surface area contributed by atoms with Gasteiger partial charge in [-0.1, -0.05) is 5.21 Å². The lowest BCUT2D eigenvalue weighted by Crippen LogP contribution is -2.40. The van der Waals surface area contributed by atoms with Gasteiger partial charge in [0.05, 0.1) is 16.2 Å². The average Bonchev–Trinajstić information content (AvgIpc) is 3.55. The van der Waals surface area contributed by atoms with Crippen LogP contribution in [-0.2, 0) is 19.9 Å². The summed E-state index contributed by atoms with van der Waals surface area (Å²) in [6, 6.07) is 3.23. The van der Waals surface area contributed by atoms with Crippen LogP contribution in [0, 0.1) is 5.82 Å². The van der Waals surface area contributed by atoms with E-state index >= 15 is 0 Å². The monoisotopic (exact) mass is 496 g/mol. The normalized spacial score (nSPS) is 18.6. The molecule has 33 heavy (non-hydrogen) atoms. The minimum Gasteiger partial charge on any atom is -0.434 e. The topological polar surface area (TPSA) is 137 Å². The maximum absolute atomic E-state index is 14.4. The number of aromatic nitrogens is 5. The second-order valence-electron chi connectivity index (χ2n) is 8.23. The van der Waals surface area contributed by atoms with Crippen molar-refractivity contribution in [2.75, 3.05) is 19.3 Å². The molecule has 0 N–H and O–H groups in total. The standard InChI is InChI=1S/C19H21FN6O5S2/c1-32(27,28)14-4-5-16(15(20)10-14)31-19-17-18(21-11-22-19)26(24-23-17)12-6-8-25(9-7-12)33(29,30)13-2-3-13/h4-5,10-13H,2-3,6-9H2,1H3. The highest BCUT2D eigenvalue weighted by atomic mass is 32.2. The predicted molar refractivity (Wildman–Crippen MR) is 114 cm³/mol. The van der Waals surface area contributed by atoms with Crippen molar-refractivity contribution < 1.29 is 26.0 Å². The number of hydrogen-bond acceptors (Lipinski definition) is 9. The highest BCUT2D eigenvalue weighted by molar-refractivity contribution is 7.90. The Morgan fingerprint density at radius 3 is 2.42 bits per heavy atom. The van der Waals surface area contributed by atoms with Crippen LogP contribution in [0.4, 0.5) is 4.39 Å². The summed E-state index contributed by atoms with van der Waals surface area (Å²) in [5, 5.41) is 8.03. The Bertz CT molecular complexity index is 1430. The van der Waals surface area contributed by atoms with E-state index < -0.39 is 25.7 Å². The Morgan fingerprint density at radius 2 is 1.79 bits per heavy atom. The summed E-state index contributed by atoms with van der Waals surface area (Å²) in [6.45, 7) is 0.800. The molecule has 1 aliphatic heterocycles. The van der Waals surface area contributed by atoms with Crippen LogP contribution in [0.3, 0.4) is 0 Å². The highest BCUT2D eigenvalue weighted by Crippen LogP contribution is 2.35. The van der Waals surface area contributed by atoms with Crippen molar-refractivity contribution >= 4 is 31.0 Å². The number of fused-ring (bicyclic) bond motifs is 1. The summed E-state index contributed by atoms with van der Waals surface area (Å²) in [5.74, 6) is -1.09. The quantitative estimate of drug-likeness (QED) is 0.499. The molecule has 0 atom stereocenters. The molecule has 11 nitrogen and oxygen atoms in total. The number of benzene rings is 1. The van der Waals surface area contributed by atoms with Crippen LogP contribution < -0.4 is 4.74 Å². The molecular weight excluding hydrogens is 475 g/mol. The summed E-state index contributed by atoms with van der Waals surface area (Å²) in [5.41, 5.74) is 0.605. The van der Waals surface area contributed by atoms with Crippen LogP contribution in [0.2, 0.25) is 0 Å². The number of nitrogens with zero attached hydrogens (tertiary/aromatic N) is 6. The minimum atomic E-state index is -3.56. The number of sulfone groups is 1. The maximum atomic E-state index is 14.4. The van der Waals surface area contributed by atoms with Gasteiger partial charge in [0.25, 0.3) is 5.88 Å². The van der Waals surface area contributed by atoms with Crippen molar-refractivity contribution in [2.45, 2.75) is 41.9 Å². The second kappa shape index (κ2) is 7.95. The summed E-state index contributed by atoms with van der Waals surface area (Å²) in [4.78, 5) is 8.09. The van der Waals surface area contributed by atoms with Gasteiger partial charge in [0, 0.05) is 19.3 Å². The van der Waals surface area contributed by atoms with Gasteiger partial charge in [-0.15, -0.1) is 5.10 Å². The van der Waals surface area contributed by atoms with Crippen molar-refractivity contribution in [3.05, 3.63) is 30.3 Å². The Morgan fingerprint density at radius 1 is 1.06 bits per heavy atom. The number of ether oxygens (including phenoxy) is 1. The zero-order valence-corrected chi connectivity index (χ0v) is 19.3. The van der Waals surface area contributed by atoms with Crippen LogP contribution in [0.25, 0.3) is 11.2 Å². The van der Waals surface area contributed by atoms with E-state index in [0.717, 1.165) is 25.2 Å². The zero-order chi connectivity index (χ0) is 23.4. The van der Waals surface area contributed by atoms with Gasteiger partial charge in [-0.25, -0.2) is 35.2 Å². The summed E-state index contributed by atoms with van der Waals surface area (Å²) >= 11 is 0. The minimum absolute atomic E-state index is 0.0222. The fourth-order valence-corrected chi connectivity index (χ4v) is 6.39. The van der Waals surface area contributed by atoms with E-state index in [4.69, 9.17) is 4.74 Å². The predicted octanol–water partition coefficient (Wildman–Crippen LogP) is 1.69. The molecule has 2 aliphatic rings. The molecule has 1 saturated carbocycles. The van der Waals surface area contributed by atoms with Gasteiger partial charge < -0.3 is 4.74 Å². The van der Waals surface area contributed by atoms with Gasteiger partial charge in [0.2, 0.25) is 10.0 Å². The first-order chi connectivity index (χ1) is 15.6. The van der Waals surface area contributed by atoms with Gasteiger partial charge in [0.15, 0.2) is 32.6 Å². The Hall–Kier alpha value is -2.71. The van der Waals surface area contributed by atoms with E-state index in [1.54, 1.807) is 8.99 Å². The number of sulfonamides is 1. The first-order valence-corrected chi connectivity index (χ1v) is 13.8. The lowest BCUT2D eigenvalue weighted by molar-refractivity contribution is 0.262. The molecule has 2 fully saturated rings. The molecule has 0 unspecified atom stereocenters. The molecule has 2 aromatic heterocycles. The molecule has 14 heteroatoms.